The van der Waals surface area contributed by atoms with E-state index in [4.69, 9.17) is 10.5 Å². The Morgan fingerprint density at radius 1 is 1.06 bits per heavy atom. The molecule has 1 saturated heterocycles. The molecule has 2 atom stereocenters. The van der Waals surface area contributed by atoms with E-state index >= 15 is 0 Å². The van der Waals surface area contributed by atoms with E-state index in [9.17, 15) is 0 Å². The fraction of sp³-hybridized carbons (Fsp3) is 1.00. The molecule has 2 saturated carbocycles. The summed E-state index contributed by atoms with van der Waals surface area (Å²) in [5.74, 6) is 3.67. The first-order chi connectivity index (χ1) is 8.38. The van der Waals surface area contributed by atoms with E-state index in [1.165, 1.54) is 38.6 Å². The van der Waals surface area contributed by atoms with Crippen LogP contribution in [0.2, 0.25) is 0 Å². The highest BCUT2D eigenvalue weighted by Crippen LogP contribution is 2.48. The molecule has 0 aromatic rings. The molecule has 2 unspecified atom stereocenters. The maximum absolute atomic E-state index is 5.90. The summed E-state index contributed by atoms with van der Waals surface area (Å²) >= 11 is 0. The van der Waals surface area contributed by atoms with Crippen LogP contribution in [0.5, 0.6) is 0 Å². The number of ether oxygens (including phenoxy) is 1. The number of hydrogen-bond donors (Lipinski definition) is 2. The average molecular weight is 238 g/mol. The van der Waals surface area contributed by atoms with Crippen LogP contribution in [0.25, 0.3) is 0 Å². The first-order valence-corrected chi connectivity index (χ1v) is 7.39. The maximum atomic E-state index is 5.90. The van der Waals surface area contributed by atoms with E-state index in [2.05, 4.69) is 5.32 Å². The second-order valence-electron chi connectivity index (χ2n) is 6.21. The highest BCUT2D eigenvalue weighted by atomic mass is 16.5. The molecule has 0 spiro atoms. The molecular formula is C14H26N2O. The van der Waals surface area contributed by atoms with E-state index < -0.39 is 0 Å². The summed E-state index contributed by atoms with van der Waals surface area (Å²) in [7, 11) is 0. The maximum Gasteiger partial charge on any atom is 0.0510 e. The van der Waals surface area contributed by atoms with Crippen LogP contribution in [0.3, 0.4) is 0 Å². The van der Waals surface area contributed by atoms with Gasteiger partial charge in [0, 0.05) is 25.1 Å². The molecule has 3 aliphatic rings. The largest absolute Gasteiger partial charge is 0.381 e. The Hall–Kier alpha value is -0.120. The van der Waals surface area contributed by atoms with Crippen LogP contribution in [0.1, 0.15) is 32.1 Å². The van der Waals surface area contributed by atoms with Crippen LogP contribution in [-0.2, 0) is 4.74 Å². The van der Waals surface area contributed by atoms with E-state index in [1.54, 1.807) is 0 Å². The van der Waals surface area contributed by atoms with Crippen molar-refractivity contribution in [1.82, 2.24) is 5.32 Å². The fourth-order valence-electron chi connectivity index (χ4n) is 3.37. The van der Waals surface area contributed by atoms with Crippen LogP contribution < -0.4 is 11.1 Å². The van der Waals surface area contributed by atoms with Gasteiger partial charge in [0.15, 0.2) is 0 Å². The van der Waals surface area contributed by atoms with Gasteiger partial charge < -0.3 is 15.8 Å². The summed E-state index contributed by atoms with van der Waals surface area (Å²) in [5, 5.41) is 3.75. The lowest BCUT2D eigenvalue weighted by Crippen LogP contribution is -2.45. The van der Waals surface area contributed by atoms with Gasteiger partial charge in [-0.15, -0.1) is 0 Å². The minimum atomic E-state index is 0.484. The van der Waals surface area contributed by atoms with Gasteiger partial charge in [-0.25, -0.2) is 0 Å². The van der Waals surface area contributed by atoms with Crippen molar-refractivity contribution in [2.24, 2.45) is 29.4 Å². The van der Waals surface area contributed by atoms with Crippen LogP contribution in [-0.4, -0.2) is 32.3 Å². The highest BCUT2D eigenvalue weighted by Gasteiger charge is 2.41. The predicted octanol–water partition coefficient (Wildman–Crippen LogP) is 1.38. The number of nitrogens with two attached hydrogens (primary N) is 1. The summed E-state index contributed by atoms with van der Waals surface area (Å²) in [6.45, 7) is 3.80. The molecule has 3 heteroatoms. The van der Waals surface area contributed by atoms with Crippen LogP contribution >= 0.6 is 0 Å². The first-order valence-electron chi connectivity index (χ1n) is 7.39. The summed E-state index contributed by atoms with van der Waals surface area (Å²) in [4.78, 5) is 0. The summed E-state index contributed by atoms with van der Waals surface area (Å²) in [6.07, 6.45) is 7.09. The fourth-order valence-corrected chi connectivity index (χ4v) is 3.37. The highest BCUT2D eigenvalue weighted by molar-refractivity contribution is 4.93. The third-order valence-electron chi connectivity index (χ3n) is 4.86. The Balaban J connectivity index is 1.46. The molecule has 1 aliphatic heterocycles. The molecule has 0 amide bonds. The molecule has 3 nitrogen and oxygen atoms in total. The Bertz CT molecular complexity index is 233. The van der Waals surface area contributed by atoms with Gasteiger partial charge in [-0.05, 0) is 56.4 Å². The van der Waals surface area contributed by atoms with Crippen LogP contribution in [0, 0.1) is 23.7 Å². The Morgan fingerprint density at radius 2 is 1.76 bits per heavy atom. The molecule has 0 radical (unpaired) electrons. The van der Waals surface area contributed by atoms with Crippen LogP contribution in [0.4, 0.5) is 0 Å². The molecule has 0 bridgehead atoms. The van der Waals surface area contributed by atoms with E-state index in [0.29, 0.717) is 12.0 Å². The van der Waals surface area contributed by atoms with Crippen molar-refractivity contribution in [3.8, 4) is 0 Å². The SMILES string of the molecule is NCC(NCC(C1CC1)C1CC1)C1CCOC1. The van der Waals surface area contributed by atoms with Crippen molar-refractivity contribution in [3.63, 3.8) is 0 Å². The third kappa shape index (κ3) is 3.01. The quantitative estimate of drug-likeness (QED) is 0.704. The molecule has 3 fully saturated rings. The zero-order valence-electron chi connectivity index (χ0n) is 10.7. The van der Waals surface area contributed by atoms with E-state index in [-0.39, 0.29) is 0 Å². The predicted molar refractivity (Wildman–Crippen MR) is 68.7 cm³/mol. The van der Waals surface area contributed by atoms with Gasteiger partial charge in [0.2, 0.25) is 0 Å². The second-order valence-corrected chi connectivity index (χ2v) is 6.21. The van der Waals surface area contributed by atoms with Gasteiger partial charge in [0.05, 0.1) is 6.61 Å². The standard InChI is InChI=1S/C14H26N2O/c15-7-14(12-5-6-17-9-12)16-8-13(10-1-2-10)11-3-4-11/h10-14,16H,1-9,15H2. The molecule has 2 aliphatic carbocycles. The topological polar surface area (TPSA) is 47.3 Å². The molecule has 98 valence electrons. The van der Waals surface area contributed by atoms with Gasteiger partial charge >= 0.3 is 0 Å². The molecule has 3 rings (SSSR count). The van der Waals surface area contributed by atoms with Gasteiger partial charge in [-0.2, -0.15) is 0 Å². The van der Waals surface area contributed by atoms with Crippen molar-refractivity contribution >= 4 is 0 Å². The number of hydrogen-bond acceptors (Lipinski definition) is 3. The van der Waals surface area contributed by atoms with Gasteiger partial charge in [0.25, 0.3) is 0 Å². The van der Waals surface area contributed by atoms with Gasteiger partial charge in [-0.3, -0.25) is 0 Å². The molecule has 0 aromatic carbocycles. The van der Waals surface area contributed by atoms with Crippen molar-refractivity contribution < 1.29 is 4.74 Å². The molecule has 1 heterocycles. The first kappa shape index (κ1) is 11.9. The average Bonchev–Trinajstić information content (AvgIpc) is 3.27. The zero-order valence-corrected chi connectivity index (χ0v) is 10.7. The van der Waals surface area contributed by atoms with Crippen molar-refractivity contribution in [2.75, 3.05) is 26.3 Å². The zero-order chi connectivity index (χ0) is 11.7. The smallest absolute Gasteiger partial charge is 0.0510 e. The minimum absolute atomic E-state index is 0.484. The lowest BCUT2D eigenvalue weighted by molar-refractivity contribution is 0.175. The van der Waals surface area contributed by atoms with Crippen molar-refractivity contribution in [2.45, 2.75) is 38.1 Å². The second kappa shape index (κ2) is 5.25. The molecule has 3 N–H and O–H groups in total. The Kier molecular flexibility index (Phi) is 3.69. The van der Waals surface area contributed by atoms with Gasteiger partial charge in [-0.1, -0.05) is 0 Å². The molecular weight excluding hydrogens is 212 g/mol. The Labute approximate surface area is 104 Å². The number of nitrogens with one attached hydrogen (secondary N) is 1. The van der Waals surface area contributed by atoms with Crippen molar-refractivity contribution in [3.05, 3.63) is 0 Å². The lowest BCUT2D eigenvalue weighted by Gasteiger charge is -2.25. The molecule has 17 heavy (non-hydrogen) atoms. The third-order valence-corrected chi connectivity index (χ3v) is 4.86. The Morgan fingerprint density at radius 3 is 2.24 bits per heavy atom. The van der Waals surface area contributed by atoms with E-state index in [1.807, 2.05) is 0 Å². The monoisotopic (exact) mass is 238 g/mol. The van der Waals surface area contributed by atoms with Gasteiger partial charge in [0.1, 0.15) is 0 Å². The normalized spacial score (nSPS) is 31.1. The minimum Gasteiger partial charge on any atom is -0.381 e. The summed E-state index contributed by atoms with van der Waals surface area (Å²) < 4.78 is 5.47. The molecule has 0 aromatic heterocycles. The summed E-state index contributed by atoms with van der Waals surface area (Å²) in [5.41, 5.74) is 5.90. The van der Waals surface area contributed by atoms with Crippen LogP contribution in [0.15, 0.2) is 0 Å². The van der Waals surface area contributed by atoms with E-state index in [0.717, 1.165) is 37.5 Å². The number of rotatable bonds is 7. The summed E-state index contributed by atoms with van der Waals surface area (Å²) in [6, 6.07) is 0.484. The lowest BCUT2D eigenvalue weighted by atomic mass is 9.95. The van der Waals surface area contributed by atoms with Crippen molar-refractivity contribution in [1.29, 1.82) is 0 Å².